The minimum Gasteiger partial charge on any atom is -0.481 e. The zero-order valence-corrected chi connectivity index (χ0v) is 17.6. The molecule has 2 N–H and O–H groups in total. The van der Waals surface area contributed by atoms with E-state index in [2.05, 4.69) is 10.4 Å². The average molecular weight is 420 g/mol. The van der Waals surface area contributed by atoms with Crippen LogP contribution in [0, 0.1) is 17.3 Å². The minimum absolute atomic E-state index is 0.198. The van der Waals surface area contributed by atoms with E-state index in [1.54, 1.807) is 10.9 Å². The first-order chi connectivity index (χ1) is 13.9. The first-order valence-electron chi connectivity index (χ1n) is 11.2. The summed E-state index contributed by atoms with van der Waals surface area (Å²) in [4.78, 5) is 25.4. The monoisotopic (exact) mass is 419 g/mol. The van der Waals surface area contributed by atoms with Crippen LogP contribution in [-0.4, -0.2) is 26.9 Å². The number of rotatable bonds is 4. The SMILES string of the molecule is O=C(O)C12CC3CC(C1)CC(n1ncc(NC4CCCCCC4)c(Cl)c1=O)(C3)C2. The summed E-state index contributed by atoms with van der Waals surface area (Å²) >= 11 is 6.54. The molecule has 0 radical (unpaired) electrons. The molecule has 1 aromatic rings. The molecule has 2 atom stereocenters. The Morgan fingerprint density at radius 3 is 2.41 bits per heavy atom. The van der Waals surface area contributed by atoms with Crippen molar-refractivity contribution in [3.05, 3.63) is 21.6 Å². The van der Waals surface area contributed by atoms with Gasteiger partial charge in [0.2, 0.25) is 0 Å². The van der Waals surface area contributed by atoms with Crippen LogP contribution in [-0.2, 0) is 10.3 Å². The molecule has 0 aliphatic heterocycles. The Hall–Kier alpha value is -1.56. The second kappa shape index (κ2) is 7.00. The van der Waals surface area contributed by atoms with E-state index in [-0.39, 0.29) is 10.6 Å². The third kappa shape index (κ3) is 3.18. The maximum absolute atomic E-state index is 13.3. The third-order valence-electron chi connectivity index (χ3n) is 8.07. The standard InChI is InChI=1S/C22H30ClN3O3/c23-18-17(25-16-5-3-1-2-4-6-16)12-24-26(19(18)27)22-10-14-7-15(11-22)9-21(8-14,13-22)20(28)29/h12,14-16,25H,1-11,13H2,(H,28,29). The summed E-state index contributed by atoms with van der Waals surface area (Å²) in [7, 11) is 0. The Balaban J connectivity index is 1.46. The Labute approximate surface area is 176 Å². The average Bonchev–Trinajstić information content (AvgIpc) is 2.93. The van der Waals surface area contributed by atoms with Gasteiger partial charge in [0, 0.05) is 6.04 Å². The highest BCUT2D eigenvalue weighted by atomic mass is 35.5. The molecule has 2 unspecified atom stereocenters. The molecule has 4 bridgehead atoms. The highest BCUT2D eigenvalue weighted by molar-refractivity contribution is 6.32. The normalized spacial score (nSPS) is 36.7. The van der Waals surface area contributed by atoms with Crippen LogP contribution in [0.4, 0.5) is 5.69 Å². The number of nitrogens with one attached hydrogen (secondary N) is 1. The largest absolute Gasteiger partial charge is 0.481 e. The fourth-order valence-corrected chi connectivity index (χ4v) is 7.41. The number of carbonyl (C=O) groups is 1. The predicted octanol–water partition coefficient (Wildman–Crippen LogP) is 4.41. The van der Waals surface area contributed by atoms with E-state index < -0.39 is 16.9 Å². The number of halogens is 1. The van der Waals surface area contributed by atoms with Crippen molar-refractivity contribution in [1.29, 1.82) is 0 Å². The summed E-state index contributed by atoms with van der Waals surface area (Å²) in [6, 6.07) is 0.335. The number of carboxylic acid groups (broad SMARTS) is 1. The summed E-state index contributed by atoms with van der Waals surface area (Å²) in [5, 5.41) is 18.2. The molecule has 1 aromatic heterocycles. The van der Waals surface area contributed by atoms with Gasteiger partial charge >= 0.3 is 5.97 Å². The van der Waals surface area contributed by atoms with Gasteiger partial charge in [0.25, 0.3) is 5.56 Å². The van der Waals surface area contributed by atoms with Crippen molar-refractivity contribution in [2.24, 2.45) is 17.3 Å². The Kier molecular flexibility index (Phi) is 4.68. The molecule has 7 heteroatoms. The third-order valence-corrected chi connectivity index (χ3v) is 8.43. The molecule has 0 spiro atoms. The molecule has 158 valence electrons. The van der Waals surface area contributed by atoms with Crippen LogP contribution in [0.2, 0.25) is 5.02 Å². The van der Waals surface area contributed by atoms with E-state index in [0.717, 1.165) is 44.9 Å². The van der Waals surface area contributed by atoms with Gasteiger partial charge < -0.3 is 10.4 Å². The van der Waals surface area contributed by atoms with E-state index in [0.29, 0.717) is 30.0 Å². The lowest BCUT2D eigenvalue weighted by Crippen LogP contribution is -2.61. The molecule has 0 saturated heterocycles. The van der Waals surface area contributed by atoms with Crippen molar-refractivity contribution in [1.82, 2.24) is 9.78 Å². The van der Waals surface area contributed by atoms with Gasteiger partial charge in [0.15, 0.2) is 0 Å². The first-order valence-corrected chi connectivity index (χ1v) is 11.6. The van der Waals surface area contributed by atoms with E-state index in [1.807, 2.05) is 0 Å². The van der Waals surface area contributed by atoms with Crippen LogP contribution >= 0.6 is 11.6 Å². The van der Waals surface area contributed by atoms with E-state index in [1.165, 1.54) is 25.7 Å². The van der Waals surface area contributed by atoms with Gasteiger partial charge in [-0.2, -0.15) is 5.10 Å². The van der Waals surface area contributed by atoms with Crippen LogP contribution in [0.15, 0.2) is 11.0 Å². The van der Waals surface area contributed by atoms with Gasteiger partial charge in [-0.25, -0.2) is 4.68 Å². The summed E-state index contributed by atoms with van der Waals surface area (Å²) in [6.07, 6.45) is 13.6. The lowest BCUT2D eigenvalue weighted by molar-refractivity contribution is -0.173. The Bertz CT molecular complexity index is 861. The maximum Gasteiger partial charge on any atom is 0.309 e. The first kappa shape index (κ1) is 19.4. The quantitative estimate of drug-likeness (QED) is 0.706. The second-order valence-corrected chi connectivity index (χ2v) is 10.6. The fourth-order valence-electron chi connectivity index (χ4n) is 7.23. The van der Waals surface area contributed by atoms with Crippen LogP contribution in [0.25, 0.3) is 0 Å². The summed E-state index contributed by atoms with van der Waals surface area (Å²) in [5.41, 5.74) is -0.843. The van der Waals surface area contributed by atoms with Crippen LogP contribution in [0.3, 0.4) is 0 Å². The van der Waals surface area contributed by atoms with Crippen molar-refractivity contribution in [2.45, 2.75) is 88.6 Å². The molecule has 6 nitrogen and oxygen atoms in total. The lowest BCUT2D eigenvalue weighted by atomic mass is 9.47. The molecule has 0 aromatic carbocycles. The van der Waals surface area contributed by atoms with Gasteiger partial charge in [0.05, 0.1) is 22.8 Å². The summed E-state index contributed by atoms with van der Waals surface area (Å²) < 4.78 is 1.56. The molecule has 1 heterocycles. The topological polar surface area (TPSA) is 84.2 Å². The zero-order chi connectivity index (χ0) is 20.2. The van der Waals surface area contributed by atoms with Crippen molar-refractivity contribution < 1.29 is 9.90 Å². The summed E-state index contributed by atoms with van der Waals surface area (Å²) in [6.45, 7) is 0. The molecule has 5 aliphatic rings. The van der Waals surface area contributed by atoms with Gasteiger partial charge in [-0.1, -0.05) is 37.3 Å². The molecule has 0 amide bonds. The number of aliphatic carboxylic acids is 1. The molecule has 5 fully saturated rings. The molecule has 29 heavy (non-hydrogen) atoms. The van der Waals surface area contributed by atoms with Crippen molar-refractivity contribution in [3.63, 3.8) is 0 Å². The minimum atomic E-state index is -0.707. The highest BCUT2D eigenvalue weighted by Gasteiger charge is 2.62. The van der Waals surface area contributed by atoms with Crippen LogP contribution in [0.5, 0.6) is 0 Å². The second-order valence-electron chi connectivity index (χ2n) is 10.2. The van der Waals surface area contributed by atoms with Gasteiger partial charge in [-0.05, 0) is 63.2 Å². The van der Waals surface area contributed by atoms with Gasteiger partial charge in [-0.3, -0.25) is 9.59 Å². The van der Waals surface area contributed by atoms with Crippen LogP contribution in [0.1, 0.15) is 77.0 Å². The van der Waals surface area contributed by atoms with Crippen molar-refractivity contribution >= 4 is 23.3 Å². The van der Waals surface area contributed by atoms with Gasteiger partial charge in [-0.15, -0.1) is 0 Å². The molecular weight excluding hydrogens is 390 g/mol. The number of hydrogen-bond donors (Lipinski definition) is 2. The summed E-state index contributed by atoms with van der Waals surface area (Å²) in [5.74, 6) is 0.0222. The van der Waals surface area contributed by atoms with E-state index >= 15 is 0 Å². The molecule has 6 rings (SSSR count). The Morgan fingerprint density at radius 1 is 1.14 bits per heavy atom. The van der Waals surface area contributed by atoms with Crippen LogP contribution < -0.4 is 10.9 Å². The highest BCUT2D eigenvalue weighted by Crippen LogP contribution is 2.63. The maximum atomic E-state index is 13.3. The number of hydrogen-bond acceptors (Lipinski definition) is 4. The number of nitrogens with zero attached hydrogens (tertiary/aromatic N) is 2. The Morgan fingerprint density at radius 2 is 1.79 bits per heavy atom. The molecule has 5 saturated carbocycles. The van der Waals surface area contributed by atoms with E-state index in [9.17, 15) is 14.7 Å². The predicted molar refractivity (Wildman–Crippen MR) is 111 cm³/mol. The van der Waals surface area contributed by atoms with E-state index in [4.69, 9.17) is 11.6 Å². The number of anilines is 1. The van der Waals surface area contributed by atoms with Crippen molar-refractivity contribution in [3.8, 4) is 0 Å². The lowest BCUT2D eigenvalue weighted by Gasteiger charge is -2.60. The molecule has 5 aliphatic carbocycles. The number of carboxylic acids is 1. The van der Waals surface area contributed by atoms with Crippen molar-refractivity contribution in [2.75, 3.05) is 5.32 Å². The molecular formula is C22H30ClN3O3. The van der Waals surface area contributed by atoms with Gasteiger partial charge in [0.1, 0.15) is 5.02 Å². The fraction of sp³-hybridized carbons (Fsp3) is 0.773. The zero-order valence-electron chi connectivity index (χ0n) is 16.8. The number of aromatic nitrogens is 2. The smallest absolute Gasteiger partial charge is 0.309 e.